The van der Waals surface area contributed by atoms with Crippen LogP contribution in [-0.2, 0) is 0 Å². The Morgan fingerprint density at radius 1 is 1.67 bits per heavy atom. The summed E-state index contributed by atoms with van der Waals surface area (Å²) in [6, 6.07) is 0.948. The van der Waals surface area contributed by atoms with Crippen molar-refractivity contribution in [3.63, 3.8) is 0 Å². The molecule has 8 nitrogen and oxygen atoms in total. The minimum Gasteiger partial charge on any atom is -0.478 e. The molecule has 0 spiro atoms. The Bertz CT molecular complexity index is 475. The number of nitrogens with zero attached hydrogens (tertiary/aromatic N) is 3. The number of carboxylic acids is 1. The number of aliphatic hydroxyl groups excluding tert-OH is 1. The fourth-order valence-electron chi connectivity index (χ4n) is 1.47. The minimum absolute atomic E-state index is 0.0194. The number of likely N-dealkylation sites (N-methyl/N-ethyl adjacent to an activating group) is 1. The summed E-state index contributed by atoms with van der Waals surface area (Å²) in [4.78, 5) is 26.1. The second-order valence-corrected chi connectivity index (χ2v) is 3.86. The highest BCUT2D eigenvalue weighted by Crippen LogP contribution is 2.25. The highest BCUT2D eigenvalue weighted by molar-refractivity contribution is 5.88. The monoisotopic (exact) mass is 255 g/mol. The van der Waals surface area contributed by atoms with E-state index in [0.29, 0.717) is 0 Å². The number of nitro groups is 1. The molecule has 1 unspecified atom stereocenters. The third-order valence-electron chi connectivity index (χ3n) is 2.19. The van der Waals surface area contributed by atoms with Crippen LogP contribution in [0.1, 0.15) is 17.3 Å². The van der Waals surface area contributed by atoms with Crippen LogP contribution in [0.25, 0.3) is 0 Å². The van der Waals surface area contributed by atoms with Crippen molar-refractivity contribution < 1.29 is 19.9 Å². The fourth-order valence-corrected chi connectivity index (χ4v) is 1.47. The first kappa shape index (κ1) is 13.8. The molecule has 0 saturated carbocycles. The van der Waals surface area contributed by atoms with E-state index < -0.39 is 22.7 Å². The first-order valence-corrected chi connectivity index (χ1v) is 5.10. The topological polar surface area (TPSA) is 117 Å². The number of rotatable bonds is 5. The van der Waals surface area contributed by atoms with Gasteiger partial charge in [-0.1, -0.05) is 0 Å². The summed E-state index contributed by atoms with van der Waals surface area (Å²) in [5.74, 6) is -1.26. The van der Waals surface area contributed by atoms with Gasteiger partial charge in [0.05, 0.1) is 16.6 Å². The second-order valence-electron chi connectivity index (χ2n) is 3.86. The maximum Gasteiger partial charge on any atom is 0.337 e. The lowest BCUT2D eigenvalue weighted by atomic mass is 10.2. The van der Waals surface area contributed by atoms with Crippen molar-refractivity contribution in [2.45, 2.75) is 13.0 Å². The van der Waals surface area contributed by atoms with Crippen molar-refractivity contribution in [3.8, 4) is 0 Å². The van der Waals surface area contributed by atoms with E-state index in [4.69, 9.17) is 5.11 Å². The van der Waals surface area contributed by atoms with Crippen molar-refractivity contribution in [1.82, 2.24) is 4.98 Å². The van der Waals surface area contributed by atoms with Crippen LogP contribution >= 0.6 is 0 Å². The van der Waals surface area contributed by atoms with Gasteiger partial charge in [-0.15, -0.1) is 0 Å². The number of anilines is 1. The molecular formula is C10H13N3O5. The number of carbonyl (C=O) groups is 1. The van der Waals surface area contributed by atoms with E-state index >= 15 is 0 Å². The van der Waals surface area contributed by atoms with Crippen LogP contribution in [0.5, 0.6) is 0 Å². The summed E-state index contributed by atoms with van der Waals surface area (Å²) in [7, 11) is 1.53. The Morgan fingerprint density at radius 3 is 2.72 bits per heavy atom. The molecule has 0 aliphatic heterocycles. The molecule has 0 radical (unpaired) electrons. The standard InChI is InChI=1S/C10H13N3O5/c1-6(14)5-12(2)9-8(13(17)18)3-7(4-11-9)10(15)16/h3-4,6,14H,5H2,1-2H3,(H,15,16). The molecule has 1 atom stereocenters. The van der Waals surface area contributed by atoms with Gasteiger partial charge in [0, 0.05) is 25.9 Å². The van der Waals surface area contributed by atoms with E-state index in [1.54, 1.807) is 0 Å². The third-order valence-corrected chi connectivity index (χ3v) is 2.19. The first-order valence-electron chi connectivity index (χ1n) is 5.10. The highest BCUT2D eigenvalue weighted by Gasteiger charge is 2.22. The summed E-state index contributed by atoms with van der Waals surface area (Å²) in [6.07, 6.45) is 0.360. The van der Waals surface area contributed by atoms with E-state index in [9.17, 15) is 20.0 Å². The van der Waals surface area contributed by atoms with Gasteiger partial charge in [-0.3, -0.25) is 10.1 Å². The van der Waals surface area contributed by atoms with E-state index in [0.717, 1.165) is 12.3 Å². The van der Waals surface area contributed by atoms with Crippen LogP contribution in [0.4, 0.5) is 11.5 Å². The number of pyridine rings is 1. The number of aliphatic hydroxyl groups is 1. The van der Waals surface area contributed by atoms with E-state index in [2.05, 4.69) is 4.98 Å². The Labute approximate surface area is 103 Å². The highest BCUT2D eigenvalue weighted by atomic mass is 16.6. The molecule has 1 aromatic rings. The first-order chi connectivity index (χ1) is 8.32. The van der Waals surface area contributed by atoms with Crippen molar-refractivity contribution >= 4 is 17.5 Å². The van der Waals surface area contributed by atoms with Crippen molar-refractivity contribution in [3.05, 3.63) is 27.9 Å². The summed E-state index contributed by atoms with van der Waals surface area (Å²) in [5.41, 5.74) is -0.658. The SMILES string of the molecule is CC(O)CN(C)c1ncc(C(=O)O)cc1[N+](=O)[O-]. The average Bonchev–Trinajstić information content (AvgIpc) is 2.26. The van der Waals surface area contributed by atoms with Gasteiger partial charge in [0.1, 0.15) is 0 Å². The largest absolute Gasteiger partial charge is 0.478 e. The van der Waals surface area contributed by atoms with Crippen LogP contribution in [0.15, 0.2) is 12.3 Å². The number of hydrogen-bond acceptors (Lipinski definition) is 6. The van der Waals surface area contributed by atoms with Crippen molar-refractivity contribution in [1.29, 1.82) is 0 Å². The molecular weight excluding hydrogens is 242 g/mol. The Balaban J connectivity index is 3.19. The quantitative estimate of drug-likeness (QED) is 0.581. The summed E-state index contributed by atoms with van der Waals surface area (Å²) in [6.45, 7) is 1.69. The average molecular weight is 255 g/mol. The van der Waals surface area contributed by atoms with Crippen molar-refractivity contribution in [2.24, 2.45) is 0 Å². The maximum absolute atomic E-state index is 10.9. The Morgan fingerprint density at radius 2 is 2.28 bits per heavy atom. The number of hydrogen-bond donors (Lipinski definition) is 2. The summed E-state index contributed by atoms with van der Waals surface area (Å²) >= 11 is 0. The van der Waals surface area contributed by atoms with Crippen LogP contribution in [0, 0.1) is 10.1 Å². The molecule has 1 aromatic heterocycles. The van der Waals surface area contributed by atoms with Gasteiger partial charge in [-0.2, -0.15) is 0 Å². The molecule has 0 aliphatic rings. The van der Waals surface area contributed by atoms with Crippen LogP contribution < -0.4 is 4.90 Å². The zero-order chi connectivity index (χ0) is 13.9. The lowest BCUT2D eigenvalue weighted by Crippen LogP contribution is -2.28. The third kappa shape index (κ3) is 3.14. The summed E-state index contributed by atoms with van der Waals surface area (Å²) in [5, 5.41) is 28.8. The van der Waals surface area contributed by atoms with Crippen LogP contribution in [-0.4, -0.2) is 45.8 Å². The molecule has 1 rings (SSSR count). The van der Waals surface area contributed by atoms with Gasteiger partial charge >= 0.3 is 11.7 Å². The van der Waals surface area contributed by atoms with Crippen molar-refractivity contribution in [2.75, 3.05) is 18.5 Å². The molecule has 0 amide bonds. The van der Waals surface area contributed by atoms with Gasteiger partial charge in [0.15, 0.2) is 0 Å². The van der Waals surface area contributed by atoms with Gasteiger partial charge in [-0.25, -0.2) is 9.78 Å². The van der Waals surface area contributed by atoms with Gasteiger partial charge in [0.2, 0.25) is 5.82 Å². The Kier molecular flexibility index (Phi) is 4.16. The van der Waals surface area contributed by atoms with Gasteiger partial charge in [-0.05, 0) is 6.92 Å². The van der Waals surface area contributed by atoms with E-state index in [1.807, 2.05) is 0 Å². The molecule has 18 heavy (non-hydrogen) atoms. The molecule has 98 valence electrons. The molecule has 1 heterocycles. The maximum atomic E-state index is 10.9. The van der Waals surface area contributed by atoms with Gasteiger partial charge < -0.3 is 15.1 Å². The number of aromatic carboxylic acids is 1. The van der Waals surface area contributed by atoms with Gasteiger partial charge in [0.25, 0.3) is 0 Å². The van der Waals surface area contributed by atoms with E-state index in [1.165, 1.54) is 18.9 Å². The fraction of sp³-hybridized carbons (Fsp3) is 0.400. The number of aromatic nitrogens is 1. The molecule has 8 heteroatoms. The minimum atomic E-state index is -1.28. The zero-order valence-corrected chi connectivity index (χ0v) is 9.90. The molecule has 0 bridgehead atoms. The van der Waals surface area contributed by atoms with Crippen LogP contribution in [0.2, 0.25) is 0 Å². The molecule has 0 saturated heterocycles. The molecule has 2 N–H and O–H groups in total. The predicted octanol–water partition coefficient (Wildman–Crippen LogP) is 0.505. The predicted molar refractivity (Wildman–Crippen MR) is 62.8 cm³/mol. The number of carboxylic acid groups (broad SMARTS) is 1. The van der Waals surface area contributed by atoms with Crippen LogP contribution in [0.3, 0.4) is 0 Å². The zero-order valence-electron chi connectivity index (χ0n) is 9.90. The normalized spacial score (nSPS) is 11.9. The molecule has 0 fully saturated rings. The molecule has 0 aliphatic carbocycles. The lowest BCUT2D eigenvalue weighted by molar-refractivity contribution is -0.384. The summed E-state index contributed by atoms with van der Waals surface area (Å²) < 4.78 is 0. The van der Waals surface area contributed by atoms with E-state index in [-0.39, 0.29) is 17.9 Å². The Hall–Kier alpha value is -2.22. The second kappa shape index (κ2) is 5.41. The lowest BCUT2D eigenvalue weighted by Gasteiger charge is -2.19. The molecule has 0 aromatic carbocycles. The smallest absolute Gasteiger partial charge is 0.337 e.